The van der Waals surface area contributed by atoms with E-state index in [9.17, 15) is 0 Å². The average Bonchev–Trinajstić information content (AvgIpc) is 3.05. The molecule has 1 aromatic heterocycles. The van der Waals surface area contributed by atoms with Gasteiger partial charge in [0.1, 0.15) is 0 Å². The zero-order valence-electron chi connectivity index (χ0n) is 15.2. The SMILES string of the molecule is Cc1ccc(-n2nnnc2[C@H]2c3ccccc3CC(C)(C)[NH+]2C)cc1. The lowest BCUT2D eigenvalue weighted by atomic mass is 9.81. The molecule has 1 unspecified atom stereocenters. The summed E-state index contributed by atoms with van der Waals surface area (Å²) in [4.78, 5) is 1.41. The monoisotopic (exact) mass is 334 g/mol. The third-order valence-corrected chi connectivity index (χ3v) is 5.53. The zero-order chi connectivity index (χ0) is 17.6. The van der Waals surface area contributed by atoms with Gasteiger partial charge >= 0.3 is 0 Å². The summed E-state index contributed by atoms with van der Waals surface area (Å²) in [6, 6.07) is 17.1. The van der Waals surface area contributed by atoms with Gasteiger partial charge in [-0.05, 0) is 48.9 Å². The van der Waals surface area contributed by atoms with Crippen LogP contribution in [0.5, 0.6) is 0 Å². The van der Waals surface area contributed by atoms with E-state index in [1.807, 2.05) is 4.68 Å². The van der Waals surface area contributed by atoms with Gasteiger partial charge in [-0.25, -0.2) is 0 Å². The number of aryl methyl sites for hydroxylation is 1. The highest BCUT2D eigenvalue weighted by Gasteiger charge is 2.44. The summed E-state index contributed by atoms with van der Waals surface area (Å²) in [5.41, 5.74) is 5.05. The van der Waals surface area contributed by atoms with Crippen molar-refractivity contribution in [2.24, 2.45) is 0 Å². The van der Waals surface area contributed by atoms with Crippen molar-refractivity contribution in [3.05, 3.63) is 71.0 Å². The fourth-order valence-electron chi connectivity index (χ4n) is 3.79. The maximum Gasteiger partial charge on any atom is 0.219 e. The maximum absolute atomic E-state index is 4.43. The van der Waals surface area contributed by atoms with Gasteiger partial charge in [-0.15, -0.1) is 5.10 Å². The summed E-state index contributed by atoms with van der Waals surface area (Å²) >= 11 is 0. The lowest BCUT2D eigenvalue weighted by Crippen LogP contribution is -3.18. The maximum atomic E-state index is 4.43. The molecule has 0 saturated carbocycles. The van der Waals surface area contributed by atoms with Crippen LogP contribution in [0.25, 0.3) is 5.69 Å². The molecular formula is C20H24N5+. The van der Waals surface area contributed by atoms with Gasteiger partial charge in [-0.2, -0.15) is 4.68 Å². The standard InChI is InChI=1S/C20H23N5/c1-14-9-11-16(12-10-14)25-19(21-22-23-25)18-17-8-6-5-7-15(17)13-20(2,3)24(18)4/h5-12,18H,13H2,1-4H3/p+1/t18-/m1/s1. The van der Waals surface area contributed by atoms with Gasteiger partial charge in [0.15, 0.2) is 6.04 Å². The first-order valence-electron chi connectivity index (χ1n) is 8.74. The Kier molecular flexibility index (Phi) is 3.69. The van der Waals surface area contributed by atoms with Crippen molar-refractivity contribution < 1.29 is 4.90 Å². The van der Waals surface area contributed by atoms with Crippen molar-refractivity contribution in [1.82, 2.24) is 20.2 Å². The first-order chi connectivity index (χ1) is 12.0. The Morgan fingerprint density at radius 3 is 2.56 bits per heavy atom. The fraction of sp³-hybridized carbons (Fsp3) is 0.350. The molecule has 5 nitrogen and oxygen atoms in total. The summed E-state index contributed by atoms with van der Waals surface area (Å²) in [5.74, 6) is 0.890. The van der Waals surface area contributed by atoms with Gasteiger partial charge in [0.2, 0.25) is 5.82 Å². The largest absolute Gasteiger partial charge is 0.320 e. The molecule has 0 fully saturated rings. The molecule has 0 aliphatic carbocycles. The van der Waals surface area contributed by atoms with E-state index in [0.29, 0.717) is 0 Å². The van der Waals surface area contributed by atoms with Crippen molar-refractivity contribution in [3.8, 4) is 5.69 Å². The molecule has 2 heterocycles. The van der Waals surface area contributed by atoms with E-state index < -0.39 is 0 Å². The van der Waals surface area contributed by atoms with Crippen LogP contribution in [0, 0.1) is 6.92 Å². The normalized spacial score (nSPS) is 21.8. The topological polar surface area (TPSA) is 48.0 Å². The Balaban J connectivity index is 1.87. The second kappa shape index (κ2) is 5.77. The van der Waals surface area contributed by atoms with Gasteiger partial charge in [0.25, 0.3) is 0 Å². The molecule has 0 saturated heterocycles. The van der Waals surface area contributed by atoms with Gasteiger partial charge < -0.3 is 4.90 Å². The fourth-order valence-corrected chi connectivity index (χ4v) is 3.79. The number of nitrogens with zero attached hydrogens (tertiary/aromatic N) is 4. The van der Waals surface area contributed by atoms with E-state index in [1.54, 1.807) is 0 Å². The van der Waals surface area contributed by atoms with E-state index in [2.05, 4.69) is 91.9 Å². The third kappa shape index (κ3) is 2.65. The molecule has 0 amide bonds. The van der Waals surface area contributed by atoms with Crippen LogP contribution in [0.2, 0.25) is 0 Å². The molecule has 3 aromatic rings. The molecule has 2 atom stereocenters. The summed E-state index contributed by atoms with van der Waals surface area (Å²) in [7, 11) is 2.24. The van der Waals surface area contributed by atoms with Crippen LogP contribution in [0.4, 0.5) is 0 Å². The Morgan fingerprint density at radius 1 is 1.08 bits per heavy atom. The van der Waals surface area contributed by atoms with Crippen molar-refractivity contribution in [2.75, 3.05) is 7.05 Å². The lowest BCUT2D eigenvalue weighted by Gasteiger charge is -2.42. The Hall–Kier alpha value is -2.53. The van der Waals surface area contributed by atoms with Crippen LogP contribution >= 0.6 is 0 Å². The number of fused-ring (bicyclic) bond motifs is 1. The molecule has 4 rings (SSSR count). The molecule has 1 N–H and O–H groups in total. The molecule has 0 spiro atoms. The minimum absolute atomic E-state index is 0.108. The number of aromatic nitrogens is 4. The highest BCUT2D eigenvalue weighted by Crippen LogP contribution is 2.29. The second-order valence-corrected chi connectivity index (χ2v) is 7.66. The molecule has 0 radical (unpaired) electrons. The highest BCUT2D eigenvalue weighted by molar-refractivity contribution is 5.38. The molecule has 1 aliphatic rings. The van der Waals surface area contributed by atoms with Crippen molar-refractivity contribution >= 4 is 0 Å². The second-order valence-electron chi connectivity index (χ2n) is 7.66. The van der Waals surface area contributed by atoms with Gasteiger partial charge in [0.05, 0.1) is 18.3 Å². The molecule has 0 bridgehead atoms. The lowest BCUT2D eigenvalue weighted by molar-refractivity contribution is -0.957. The van der Waals surface area contributed by atoms with E-state index >= 15 is 0 Å². The number of rotatable bonds is 2. The summed E-state index contributed by atoms with van der Waals surface area (Å²) in [6.07, 6.45) is 1.05. The van der Waals surface area contributed by atoms with Crippen LogP contribution in [0.1, 0.15) is 42.4 Å². The smallest absolute Gasteiger partial charge is 0.219 e. The zero-order valence-corrected chi connectivity index (χ0v) is 15.2. The number of likely N-dealkylation sites (N-methyl/N-ethyl adjacent to an activating group) is 1. The molecule has 5 heteroatoms. The minimum Gasteiger partial charge on any atom is -0.320 e. The Labute approximate surface area is 148 Å². The Morgan fingerprint density at radius 2 is 1.80 bits per heavy atom. The Bertz CT molecular complexity index is 894. The van der Waals surface area contributed by atoms with Crippen molar-refractivity contribution in [3.63, 3.8) is 0 Å². The predicted octanol–water partition coefficient (Wildman–Crippen LogP) is 1.91. The molecule has 25 heavy (non-hydrogen) atoms. The van der Waals surface area contributed by atoms with Crippen LogP contribution in [0.15, 0.2) is 48.5 Å². The summed E-state index contributed by atoms with van der Waals surface area (Å²) in [5, 5.41) is 12.7. The van der Waals surface area contributed by atoms with E-state index in [0.717, 1.165) is 17.9 Å². The molecule has 128 valence electrons. The average molecular weight is 334 g/mol. The molecule has 2 aromatic carbocycles. The summed E-state index contributed by atoms with van der Waals surface area (Å²) < 4.78 is 1.88. The predicted molar refractivity (Wildman–Crippen MR) is 96.8 cm³/mol. The van der Waals surface area contributed by atoms with Crippen LogP contribution in [0.3, 0.4) is 0 Å². The summed E-state index contributed by atoms with van der Waals surface area (Å²) in [6.45, 7) is 6.71. The third-order valence-electron chi connectivity index (χ3n) is 5.53. The number of benzene rings is 2. The van der Waals surface area contributed by atoms with Gasteiger partial charge in [-0.1, -0.05) is 42.0 Å². The van der Waals surface area contributed by atoms with Gasteiger partial charge in [-0.3, -0.25) is 0 Å². The quantitative estimate of drug-likeness (QED) is 0.779. The number of quaternary nitrogens is 1. The van der Waals surface area contributed by atoms with E-state index in [4.69, 9.17) is 0 Å². The number of nitrogens with one attached hydrogen (secondary N) is 1. The minimum atomic E-state index is 0.108. The van der Waals surface area contributed by atoms with Crippen LogP contribution in [-0.4, -0.2) is 32.8 Å². The first-order valence-corrected chi connectivity index (χ1v) is 8.74. The van der Waals surface area contributed by atoms with Crippen LogP contribution in [-0.2, 0) is 6.42 Å². The number of tetrazole rings is 1. The highest BCUT2D eigenvalue weighted by atomic mass is 15.6. The first kappa shape index (κ1) is 16.0. The van der Waals surface area contributed by atoms with Crippen molar-refractivity contribution in [2.45, 2.75) is 38.8 Å². The molecule has 1 aliphatic heterocycles. The number of hydrogen-bond donors (Lipinski definition) is 1. The van der Waals surface area contributed by atoms with Gasteiger partial charge in [0, 0.05) is 12.0 Å². The van der Waals surface area contributed by atoms with E-state index in [-0.39, 0.29) is 11.6 Å². The van der Waals surface area contributed by atoms with Crippen molar-refractivity contribution in [1.29, 1.82) is 0 Å². The molecular weight excluding hydrogens is 310 g/mol. The van der Waals surface area contributed by atoms with Crippen LogP contribution < -0.4 is 4.90 Å². The number of hydrogen-bond acceptors (Lipinski definition) is 3. The van der Waals surface area contributed by atoms with E-state index in [1.165, 1.54) is 21.6 Å².